The van der Waals surface area contributed by atoms with Crippen LogP contribution in [-0.2, 0) is 0 Å². The summed E-state index contributed by atoms with van der Waals surface area (Å²) in [6, 6.07) is 4.21. The molecule has 0 aliphatic heterocycles. The smallest absolute Gasteiger partial charge is 0.153 e. The van der Waals surface area contributed by atoms with Gasteiger partial charge in [-0.2, -0.15) is 0 Å². The van der Waals surface area contributed by atoms with Crippen molar-refractivity contribution in [3.63, 3.8) is 0 Å². The second-order valence-electron chi connectivity index (χ2n) is 3.10. The van der Waals surface area contributed by atoms with E-state index in [9.17, 15) is 15.0 Å². The summed E-state index contributed by atoms with van der Waals surface area (Å²) in [4.78, 5) is 10.5. The summed E-state index contributed by atoms with van der Waals surface area (Å²) in [5.41, 5.74) is 0.0397. The van der Waals surface area contributed by atoms with Crippen molar-refractivity contribution in [1.29, 1.82) is 0 Å². The molecule has 15 heavy (non-hydrogen) atoms. The Bertz CT molecular complexity index is 350. The van der Waals surface area contributed by atoms with E-state index in [2.05, 4.69) is 0 Å². The molecule has 1 aromatic rings. The maximum atomic E-state index is 10.5. The van der Waals surface area contributed by atoms with Crippen LogP contribution in [0.1, 0.15) is 22.0 Å². The van der Waals surface area contributed by atoms with Gasteiger partial charge in [0.1, 0.15) is 18.0 Å². The fraction of sp³-hybridized carbons (Fsp3) is 0.300. The first-order chi connectivity index (χ1) is 7.11. The predicted octanol–water partition coefficient (Wildman–Crippen LogP) is -0.409. The first kappa shape index (κ1) is 11.6. The minimum absolute atomic E-state index is 0.0150. The summed E-state index contributed by atoms with van der Waals surface area (Å²) >= 11 is 0. The van der Waals surface area contributed by atoms with Gasteiger partial charge in [0.15, 0.2) is 6.29 Å². The lowest BCUT2D eigenvalue weighted by Gasteiger charge is -2.17. The minimum Gasteiger partial charge on any atom is -0.507 e. The van der Waals surface area contributed by atoms with Gasteiger partial charge in [0.05, 0.1) is 12.2 Å². The number of aromatic hydroxyl groups is 1. The predicted molar refractivity (Wildman–Crippen MR) is 51.5 cm³/mol. The quantitative estimate of drug-likeness (QED) is 0.509. The molecule has 82 valence electrons. The van der Waals surface area contributed by atoms with Crippen LogP contribution >= 0.6 is 0 Å². The van der Waals surface area contributed by atoms with E-state index in [0.29, 0.717) is 6.29 Å². The van der Waals surface area contributed by atoms with Crippen molar-refractivity contribution in [1.82, 2.24) is 0 Å². The Hall–Kier alpha value is -1.43. The van der Waals surface area contributed by atoms with Gasteiger partial charge in [0, 0.05) is 5.56 Å². The van der Waals surface area contributed by atoms with Gasteiger partial charge in [-0.1, -0.05) is 12.1 Å². The Morgan fingerprint density at radius 1 is 1.33 bits per heavy atom. The molecule has 0 saturated carbocycles. The highest BCUT2D eigenvalue weighted by Gasteiger charge is 2.21. The van der Waals surface area contributed by atoms with Crippen LogP contribution in [0.25, 0.3) is 0 Å². The lowest BCUT2D eigenvalue weighted by Crippen LogP contribution is -2.22. The van der Waals surface area contributed by atoms with Crippen molar-refractivity contribution in [3.05, 3.63) is 29.3 Å². The van der Waals surface area contributed by atoms with Crippen LogP contribution in [-0.4, -0.2) is 39.4 Å². The first-order valence-corrected chi connectivity index (χ1v) is 4.35. The minimum atomic E-state index is -1.42. The highest BCUT2D eigenvalue weighted by Crippen LogP contribution is 2.28. The van der Waals surface area contributed by atoms with Crippen molar-refractivity contribution in [3.8, 4) is 5.75 Å². The van der Waals surface area contributed by atoms with Crippen LogP contribution in [0.5, 0.6) is 5.75 Å². The Morgan fingerprint density at radius 3 is 2.53 bits per heavy atom. The third-order valence-corrected chi connectivity index (χ3v) is 2.10. The van der Waals surface area contributed by atoms with E-state index in [4.69, 9.17) is 10.2 Å². The second-order valence-corrected chi connectivity index (χ2v) is 3.10. The summed E-state index contributed by atoms with van der Waals surface area (Å²) in [6.07, 6.45) is -2.37. The number of phenolic OH excluding ortho intramolecular Hbond substituents is 1. The fourth-order valence-electron chi connectivity index (χ4n) is 1.22. The van der Waals surface area contributed by atoms with Gasteiger partial charge in [0.2, 0.25) is 0 Å². The van der Waals surface area contributed by atoms with Crippen LogP contribution in [0.4, 0.5) is 0 Å². The zero-order valence-electron chi connectivity index (χ0n) is 7.87. The van der Waals surface area contributed by atoms with Gasteiger partial charge in [-0.05, 0) is 6.07 Å². The average molecular weight is 212 g/mol. The van der Waals surface area contributed by atoms with Crippen LogP contribution in [0.2, 0.25) is 0 Å². The standard InChI is InChI=1S/C10H12O5/c11-4-6-2-1-3-7(9(6)14)10(15)8(13)5-12/h1-4,8,10,12-15H,5H2. The topological polar surface area (TPSA) is 98.0 Å². The molecule has 1 rings (SSSR count). The van der Waals surface area contributed by atoms with Gasteiger partial charge in [-0.15, -0.1) is 0 Å². The fourth-order valence-corrected chi connectivity index (χ4v) is 1.22. The molecule has 0 heterocycles. The Balaban J connectivity index is 3.09. The number of para-hydroxylation sites is 1. The maximum absolute atomic E-state index is 10.5. The summed E-state index contributed by atoms with van der Waals surface area (Å²) < 4.78 is 0. The van der Waals surface area contributed by atoms with Gasteiger partial charge < -0.3 is 20.4 Å². The van der Waals surface area contributed by atoms with Crippen LogP contribution in [0.3, 0.4) is 0 Å². The number of benzene rings is 1. The molecule has 0 radical (unpaired) electrons. The van der Waals surface area contributed by atoms with E-state index >= 15 is 0 Å². The molecule has 5 nitrogen and oxygen atoms in total. The monoisotopic (exact) mass is 212 g/mol. The first-order valence-electron chi connectivity index (χ1n) is 4.35. The van der Waals surface area contributed by atoms with Crippen LogP contribution < -0.4 is 0 Å². The summed E-state index contributed by atoms with van der Waals surface area (Å²) in [5, 5.41) is 36.8. The molecule has 0 amide bonds. The zero-order valence-corrected chi connectivity index (χ0v) is 7.87. The molecule has 4 N–H and O–H groups in total. The number of hydrogen-bond donors (Lipinski definition) is 4. The van der Waals surface area contributed by atoms with Crippen molar-refractivity contribution in [2.75, 3.05) is 6.61 Å². The molecule has 5 heteroatoms. The lowest BCUT2D eigenvalue weighted by molar-refractivity contribution is -0.0162. The third-order valence-electron chi connectivity index (χ3n) is 2.10. The number of rotatable bonds is 4. The third kappa shape index (κ3) is 2.33. The molecule has 0 aliphatic rings. The van der Waals surface area contributed by atoms with Crippen molar-refractivity contribution < 1.29 is 25.2 Å². The molecule has 0 fully saturated rings. The van der Waals surface area contributed by atoms with E-state index in [1.54, 1.807) is 0 Å². The summed E-state index contributed by atoms with van der Waals surface area (Å²) in [6.45, 7) is -0.633. The molecule has 0 spiro atoms. The molecule has 1 aromatic carbocycles. The van der Waals surface area contributed by atoms with E-state index in [1.807, 2.05) is 0 Å². The van der Waals surface area contributed by atoms with E-state index in [-0.39, 0.29) is 16.9 Å². The van der Waals surface area contributed by atoms with Crippen LogP contribution in [0.15, 0.2) is 18.2 Å². The largest absolute Gasteiger partial charge is 0.507 e. The number of hydrogen-bond acceptors (Lipinski definition) is 5. The SMILES string of the molecule is O=Cc1cccc(C(O)C(O)CO)c1O. The number of carbonyl (C=O) groups is 1. The van der Waals surface area contributed by atoms with Crippen molar-refractivity contribution in [2.24, 2.45) is 0 Å². The average Bonchev–Trinajstić information content (AvgIpc) is 2.27. The molecule has 0 saturated heterocycles. The number of phenols is 1. The molecule has 0 aromatic heterocycles. The normalized spacial score (nSPS) is 14.6. The maximum Gasteiger partial charge on any atom is 0.153 e. The van der Waals surface area contributed by atoms with E-state index in [1.165, 1.54) is 18.2 Å². The lowest BCUT2D eigenvalue weighted by atomic mass is 10.0. The Kier molecular flexibility index (Phi) is 3.79. The molecule has 2 unspecified atom stereocenters. The number of aliphatic hydroxyl groups excluding tert-OH is 3. The molecule has 0 aliphatic carbocycles. The Morgan fingerprint density at radius 2 is 2.00 bits per heavy atom. The highest BCUT2D eigenvalue weighted by molar-refractivity contribution is 5.80. The summed E-state index contributed by atoms with van der Waals surface area (Å²) in [7, 11) is 0. The number of aliphatic hydroxyl groups is 3. The number of carbonyl (C=O) groups excluding carboxylic acids is 1. The Labute approximate surface area is 86.2 Å². The van der Waals surface area contributed by atoms with E-state index in [0.717, 1.165) is 0 Å². The van der Waals surface area contributed by atoms with Gasteiger partial charge in [0.25, 0.3) is 0 Å². The number of aldehydes is 1. The van der Waals surface area contributed by atoms with Crippen LogP contribution in [0, 0.1) is 0 Å². The highest BCUT2D eigenvalue weighted by atomic mass is 16.4. The van der Waals surface area contributed by atoms with Crippen molar-refractivity contribution in [2.45, 2.75) is 12.2 Å². The molecular weight excluding hydrogens is 200 g/mol. The van der Waals surface area contributed by atoms with Crippen molar-refractivity contribution >= 4 is 6.29 Å². The zero-order chi connectivity index (χ0) is 11.4. The molecule has 0 bridgehead atoms. The van der Waals surface area contributed by atoms with Gasteiger partial charge >= 0.3 is 0 Å². The molecular formula is C10H12O5. The van der Waals surface area contributed by atoms with E-state index < -0.39 is 18.8 Å². The van der Waals surface area contributed by atoms with Gasteiger partial charge in [-0.3, -0.25) is 4.79 Å². The van der Waals surface area contributed by atoms with Gasteiger partial charge in [-0.25, -0.2) is 0 Å². The molecule has 2 atom stereocenters. The summed E-state index contributed by atoms with van der Waals surface area (Å²) in [5.74, 6) is -0.382. The second kappa shape index (κ2) is 4.88.